The second-order valence-electron chi connectivity index (χ2n) is 7.52. The lowest BCUT2D eigenvalue weighted by atomic mass is 10.1. The molecule has 2 nitrogen and oxygen atoms in total. The zero-order valence-corrected chi connectivity index (χ0v) is 18.1. The van der Waals surface area contributed by atoms with Gasteiger partial charge in [-0.05, 0) is 35.8 Å². The van der Waals surface area contributed by atoms with Crippen LogP contribution in [0.15, 0.2) is 91.0 Å². The summed E-state index contributed by atoms with van der Waals surface area (Å²) in [5.41, 5.74) is 6.20. The van der Waals surface area contributed by atoms with E-state index in [1.54, 1.807) is 0 Å². The number of benzene rings is 3. The van der Waals surface area contributed by atoms with Crippen molar-refractivity contribution >= 4 is 7.14 Å². The maximum Gasteiger partial charge on any atom is 0.177 e. The lowest BCUT2D eigenvalue weighted by Crippen LogP contribution is -2.26. The van der Waals surface area contributed by atoms with Gasteiger partial charge in [0.15, 0.2) is 7.14 Å². The Bertz CT molecular complexity index is 1000. The zero-order valence-electron chi connectivity index (χ0n) is 17.2. The maximum absolute atomic E-state index is 14.3. The number of hydrogen-bond donors (Lipinski definition) is 1. The largest absolute Gasteiger partial charge is 0.308 e. The molecule has 3 heteroatoms. The summed E-state index contributed by atoms with van der Waals surface area (Å²) in [6.45, 7) is 6.12. The molecule has 3 rings (SSSR count). The summed E-state index contributed by atoms with van der Waals surface area (Å²) in [7, 11) is -2.94. The summed E-state index contributed by atoms with van der Waals surface area (Å²) in [5.74, 6) is 2.84. The van der Waals surface area contributed by atoms with E-state index in [-0.39, 0.29) is 17.5 Å². The number of rotatable bonds is 6. The van der Waals surface area contributed by atoms with Crippen LogP contribution in [0, 0.1) is 11.6 Å². The summed E-state index contributed by atoms with van der Waals surface area (Å²) in [6, 6.07) is 30.1. The molecule has 1 N–H and O–H groups in total. The highest BCUT2D eigenvalue weighted by Gasteiger charge is 2.36. The highest BCUT2D eigenvalue weighted by molar-refractivity contribution is 7.69. The fraction of sp³-hybridized carbons (Fsp3) is 0.231. The quantitative estimate of drug-likeness (QED) is 0.363. The van der Waals surface area contributed by atoms with E-state index >= 15 is 0 Å². The maximum atomic E-state index is 14.3. The second kappa shape index (κ2) is 9.75. The van der Waals surface area contributed by atoms with E-state index in [4.69, 9.17) is 0 Å². The Labute approximate surface area is 174 Å². The zero-order chi connectivity index (χ0) is 20.7. The Kier molecular flexibility index (Phi) is 7.10. The Morgan fingerprint density at radius 3 is 1.72 bits per heavy atom. The molecule has 0 aliphatic rings. The van der Waals surface area contributed by atoms with Gasteiger partial charge in [-0.3, -0.25) is 5.32 Å². The van der Waals surface area contributed by atoms with Gasteiger partial charge in [-0.1, -0.05) is 98.6 Å². The van der Waals surface area contributed by atoms with Gasteiger partial charge in [0.2, 0.25) is 0 Å². The molecule has 0 radical (unpaired) electrons. The van der Waals surface area contributed by atoms with Gasteiger partial charge in [-0.25, -0.2) is 0 Å². The molecular formula is C26H28NOP. The van der Waals surface area contributed by atoms with Crippen molar-refractivity contribution in [3.05, 3.63) is 108 Å². The van der Waals surface area contributed by atoms with E-state index in [2.05, 4.69) is 36.0 Å². The second-order valence-corrected chi connectivity index (χ2v) is 10.7. The minimum Gasteiger partial charge on any atom is -0.308 e. The van der Waals surface area contributed by atoms with Crippen LogP contribution in [0.25, 0.3) is 0 Å². The van der Waals surface area contributed by atoms with Gasteiger partial charge in [-0.2, -0.15) is 0 Å². The summed E-state index contributed by atoms with van der Waals surface area (Å²) in [4.78, 5) is 0. The molecule has 29 heavy (non-hydrogen) atoms. The summed E-state index contributed by atoms with van der Waals surface area (Å²) >= 11 is 0. The fourth-order valence-electron chi connectivity index (χ4n) is 3.30. The van der Waals surface area contributed by atoms with Crippen LogP contribution in [-0.4, -0.2) is 5.66 Å². The Hall–Kier alpha value is -2.59. The van der Waals surface area contributed by atoms with Gasteiger partial charge in [-0.15, -0.1) is 0 Å². The lowest BCUT2D eigenvalue weighted by Gasteiger charge is -2.31. The molecule has 0 amide bonds. The van der Waals surface area contributed by atoms with Crippen LogP contribution in [0.5, 0.6) is 0 Å². The first kappa shape index (κ1) is 21.1. The average molecular weight is 401 g/mol. The molecule has 0 spiro atoms. The van der Waals surface area contributed by atoms with Crippen molar-refractivity contribution in [1.29, 1.82) is 0 Å². The molecule has 2 unspecified atom stereocenters. The molecule has 0 aliphatic heterocycles. The van der Waals surface area contributed by atoms with Gasteiger partial charge in [0.25, 0.3) is 0 Å². The monoisotopic (exact) mass is 401 g/mol. The van der Waals surface area contributed by atoms with Gasteiger partial charge in [0, 0.05) is 17.3 Å². The molecular weight excluding hydrogens is 373 g/mol. The van der Waals surface area contributed by atoms with E-state index in [9.17, 15) is 4.57 Å². The SMILES string of the molecule is CC(C)P(=O)(C#Cc1ccccc1)C(N[C@H](C)c1ccccc1)c1ccccc1. The van der Waals surface area contributed by atoms with Crippen LogP contribution in [-0.2, 0) is 4.57 Å². The van der Waals surface area contributed by atoms with Gasteiger partial charge in [0.05, 0.1) is 5.78 Å². The average Bonchev–Trinajstić information content (AvgIpc) is 2.77. The third-order valence-electron chi connectivity index (χ3n) is 5.12. The number of nitrogens with one attached hydrogen (secondary N) is 1. The predicted octanol–water partition coefficient (Wildman–Crippen LogP) is 6.82. The van der Waals surface area contributed by atoms with Crippen LogP contribution in [0.4, 0.5) is 0 Å². The van der Waals surface area contributed by atoms with E-state index in [0.29, 0.717) is 0 Å². The minimum absolute atomic E-state index is 0.0482. The van der Waals surface area contributed by atoms with Gasteiger partial charge in [0.1, 0.15) is 0 Å². The predicted molar refractivity (Wildman–Crippen MR) is 123 cm³/mol. The molecule has 0 aliphatic carbocycles. The van der Waals surface area contributed by atoms with E-state index in [0.717, 1.165) is 11.1 Å². The van der Waals surface area contributed by atoms with Crippen molar-refractivity contribution in [1.82, 2.24) is 5.32 Å². The van der Waals surface area contributed by atoms with Crippen LogP contribution in [0.2, 0.25) is 0 Å². The normalized spacial score (nSPS) is 15.0. The van der Waals surface area contributed by atoms with Gasteiger partial charge < -0.3 is 4.57 Å². The first-order valence-electron chi connectivity index (χ1n) is 10.0. The van der Waals surface area contributed by atoms with Crippen molar-refractivity contribution in [2.24, 2.45) is 0 Å². The minimum atomic E-state index is -2.94. The standard InChI is InChI=1S/C26H28NOP/c1-21(2)29(28,20-19-23-13-7-4-8-14-23)26(25-17-11-6-12-18-25)27-22(3)24-15-9-5-10-16-24/h4-18,21-22,26-27H,1-3H3/t22-,26?,29?/m1/s1. The molecule has 3 aromatic rings. The van der Waals surface area contributed by atoms with Crippen LogP contribution in [0.3, 0.4) is 0 Å². The molecule has 0 aromatic heterocycles. The van der Waals surface area contributed by atoms with E-state index in [1.165, 1.54) is 5.56 Å². The molecule has 3 atom stereocenters. The molecule has 148 valence electrons. The fourth-order valence-corrected chi connectivity index (χ4v) is 5.65. The summed E-state index contributed by atoms with van der Waals surface area (Å²) < 4.78 is 14.3. The Balaban J connectivity index is 2.03. The third kappa shape index (κ3) is 5.27. The molecule has 0 saturated carbocycles. The highest BCUT2D eigenvalue weighted by atomic mass is 31.2. The molecule has 0 saturated heterocycles. The molecule has 3 aromatic carbocycles. The first-order chi connectivity index (χ1) is 14.0. The third-order valence-corrected chi connectivity index (χ3v) is 8.33. The topological polar surface area (TPSA) is 29.1 Å². The van der Waals surface area contributed by atoms with Crippen molar-refractivity contribution in [3.63, 3.8) is 0 Å². The molecule has 0 bridgehead atoms. The lowest BCUT2D eigenvalue weighted by molar-refractivity contribution is 0.513. The van der Waals surface area contributed by atoms with Gasteiger partial charge >= 0.3 is 0 Å². The smallest absolute Gasteiger partial charge is 0.177 e. The first-order valence-corrected chi connectivity index (χ1v) is 11.9. The molecule has 0 heterocycles. The van der Waals surface area contributed by atoms with E-state index < -0.39 is 7.14 Å². The Morgan fingerprint density at radius 2 is 1.21 bits per heavy atom. The van der Waals surface area contributed by atoms with Crippen molar-refractivity contribution in [2.45, 2.75) is 38.3 Å². The van der Waals surface area contributed by atoms with Crippen molar-refractivity contribution in [2.75, 3.05) is 0 Å². The summed E-state index contributed by atoms with van der Waals surface area (Å²) in [5, 5.41) is 3.64. The molecule has 0 fully saturated rings. The van der Waals surface area contributed by atoms with Crippen LogP contribution < -0.4 is 5.32 Å². The van der Waals surface area contributed by atoms with E-state index in [1.807, 2.05) is 92.7 Å². The van der Waals surface area contributed by atoms with Crippen LogP contribution in [0.1, 0.15) is 49.3 Å². The van der Waals surface area contributed by atoms with Crippen molar-refractivity contribution < 1.29 is 4.57 Å². The summed E-state index contributed by atoms with van der Waals surface area (Å²) in [6.07, 6.45) is 0. The van der Waals surface area contributed by atoms with Crippen molar-refractivity contribution in [3.8, 4) is 11.6 Å². The Morgan fingerprint density at radius 1 is 0.724 bits per heavy atom. The van der Waals surface area contributed by atoms with Crippen LogP contribution >= 0.6 is 7.14 Å². The number of hydrogen-bond acceptors (Lipinski definition) is 2. The highest BCUT2D eigenvalue weighted by Crippen LogP contribution is 2.61.